The minimum Gasteiger partial charge on any atom is -0.291 e. The second kappa shape index (κ2) is 4.85. The zero-order chi connectivity index (χ0) is 13.3. The zero-order valence-electron chi connectivity index (χ0n) is 8.74. The third-order valence-corrected chi connectivity index (χ3v) is 3.78. The highest BCUT2D eigenvalue weighted by Crippen LogP contribution is 2.28. The van der Waals surface area contributed by atoms with E-state index in [0.29, 0.717) is 11.1 Å². The molecule has 2 rings (SSSR count). The second-order valence-corrected chi connectivity index (χ2v) is 5.91. The molecule has 0 saturated heterocycles. The number of nitrogens with zero attached hydrogens (tertiary/aromatic N) is 2. The Labute approximate surface area is 112 Å². The molecule has 0 aliphatic heterocycles. The Bertz CT molecular complexity index is 576. The number of Topliss-reactive ketones (excluding diaryl/α,β-unsaturated/α-hetero) is 1. The van der Waals surface area contributed by atoms with Gasteiger partial charge in [-0.25, -0.2) is 0 Å². The molecule has 2 aromatic heterocycles. The molecule has 2 heterocycles. The van der Waals surface area contributed by atoms with Crippen LogP contribution in [0.2, 0.25) is 0 Å². The van der Waals surface area contributed by atoms with Crippen molar-refractivity contribution in [2.45, 2.75) is 12.7 Å². The largest absolute Gasteiger partial charge is 0.419 e. The molecule has 0 aromatic carbocycles. The van der Waals surface area contributed by atoms with E-state index in [4.69, 9.17) is 0 Å². The highest BCUT2D eigenvalue weighted by atomic mass is 79.9. The van der Waals surface area contributed by atoms with Gasteiger partial charge >= 0.3 is 6.18 Å². The van der Waals surface area contributed by atoms with E-state index >= 15 is 0 Å². The van der Waals surface area contributed by atoms with Crippen LogP contribution in [-0.4, -0.2) is 15.6 Å². The molecule has 0 spiro atoms. The van der Waals surface area contributed by atoms with Gasteiger partial charge in [0.2, 0.25) is 0 Å². The number of rotatable bonds is 3. The highest BCUT2D eigenvalue weighted by molar-refractivity contribution is 9.11. The predicted molar refractivity (Wildman–Crippen MR) is 63.6 cm³/mol. The third-order valence-electron chi connectivity index (χ3n) is 2.11. The van der Waals surface area contributed by atoms with Crippen molar-refractivity contribution in [2.75, 3.05) is 0 Å². The van der Waals surface area contributed by atoms with Gasteiger partial charge < -0.3 is 0 Å². The van der Waals surface area contributed by atoms with Crippen molar-refractivity contribution >= 4 is 33.0 Å². The summed E-state index contributed by atoms with van der Waals surface area (Å²) < 4.78 is 38.7. The maximum atomic E-state index is 12.3. The Hall–Kier alpha value is -1.15. The number of hydrogen-bond donors (Lipinski definition) is 0. The average molecular weight is 339 g/mol. The van der Waals surface area contributed by atoms with Crippen molar-refractivity contribution < 1.29 is 18.0 Å². The summed E-state index contributed by atoms with van der Waals surface area (Å²) in [6.07, 6.45) is -2.91. The van der Waals surface area contributed by atoms with E-state index in [0.717, 1.165) is 14.7 Å². The van der Waals surface area contributed by atoms with Crippen LogP contribution < -0.4 is 0 Å². The van der Waals surface area contributed by atoms with E-state index in [2.05, 4.69) is 21.0 Å². The fourth-order valence-corrected chi connectivity index (χ4v) is 2.60. The molecule has 0 unspecified atom stereocenters. The number of carbonyl (C=O) groups is 1. The van der Waals surface area contributed by atoms with E-state index in [1.54, 1.807) is 12.1 Å². The molecule has 8 heteroatoms. The number of hydrogen-bond acceptors (Lipinski definition) is 3. The minimum atomic E-state index is -4.44. The SMILES string of the molecule is O=C(Cn1cc(C(F)(F)F)cn1)c1ccc(Br)s1. The van der Waals surface area contributed by atoms with E-state index in [9.17, 15) is 18.0 Å². The van der Waals surface area contributed by atoms with E-state index in [-0.39, 0.29) is 12.3 Å². The third kappa shape index (κ3) is 2.99. The van der Waals surface area contributed by atoms with Crippen molar-refractivity contribution in [1.29, 1.82) is 0 Å². The van der Waals surface area contributed by atoms with Crippen LogP contribution in [0.15, 0.2) is 28.3 Å². The summed E-state index contributed by atoms with van der Waals surface area (Å²) >= 11 is 4.44. The van der Waals surface area contributed by atoms with Crippen molar-refractivity contribution in [1.82, 2.24) is 9.78 Å². The van der Waals surface area contributed by atoms with Crippen LogP contribution in [-0.2, 0) is 12.7 Å². The van der Waals surface area contributed by atoms with Gasteiger partial charge in [-0.2, -0.15) is 18.3 Å². The smallest absolute Gasteiger partial charge is 0.291 e. The first-order chi connectivity index (χ1) is 8.36. The first kappa shape index (κ1) is 13.3. The molecule has 3 nitrogen and oxygen atoms in total. The van der Waals surface area contributed by atoms with E-state index < -0.39 is 11.7 Å². The Morgan fingerprint density at radius 2 is 2.17 bits per heavy atom. The van der Waals surface area contributed by atoms with Crippen LogP contribution in [0.5, 0.6) is 0 Å². The predicted octanol–water partition coefficient (Wildman–Crippen LogP) is 3.61. The molecular weight excluding hydrogens is 333 g/mol. The van der Waals surface area contributed by atoms with Crippen LogP contribution in [0.25, 0.3) is 0 Å². The average Bonchev–Trinajstić information content (AvgIpc) is 2.85. The second-order valence-electron chi connectivity index (χ2n) is 3.45. The Balaban J connectivity index is 2.10. The molecule has 0 fully saturated rings. The molecule has 0 aliphatic rings. The van der Waals surface area contributed by atoms with Crippen LogP contribution in [0.3, 0.4) is 0 Å². The lowest BCUT2D eigenvalue weighted by Crippen LogP contribution is -2.10. The summed E-state index contributed by atoms with van der Waals surface area (Å²) in [5, 5.41) is 3.52. The summed E-state index contributed by atoms with van der Waals surface area (Å²) in [7, 11) is 0. The van der Waals surface area contributed by atoms with Crippen molar-refractivity contribution in [3.8, 4) is 0 Å². The Kier molecular flexibility index (Phi) is 3.58. The zero-order valence-corrected chi connectivity index (χ0v) is 11.1. The van der Waals surface area contributed by atoms with Gasteiger partial charge in [0, 0.05) is 6.20 Å². The van der Waals surface area contributed by atoms with Gasteiger partial charge in [-0.3, -0.25) is 9.48 Å². The van der Waals surface area contributed by atoms with Crippen molar-refractivity contribution in [3.05, 3.63) is 38.8 Å². The minimum absolute atomic E-state index is 0.205. The molecule has 0 bridgehead atoms. The monoisotopic (exact) mass is 338 g/mol. The molecule has 0 atom stereocenters. The van der Waals surface area contributed by atoms with Gasteiger partial charge in [-0.15, -0.1) is 11.3 Å². The molecule has 0 N–H and O–H groups in total. The van der Waals surface area contributed by atoms with Gasteiger partial charge in [-0.1, -0.05) is 0 Å². The molecule has 2 aromatic rings. The number of halogens is 4. The van der Waals surface area contributed by atoms with Gasteiger partial charge in [0.25, 0.3) is 0 Å². The van der Waals surface area contributed by atoms with Gasteiger partial charge in [0.1, 0.15) is 6.54 Å². The first-order valence-electron chi connectivity index (χ1n) is 4.74. The molecule has 18 heavy (non-hydrogen) atoms. The molecule has 0 radical (unpaired) electrons. The van der Waals surface area contributed by atoms with Crippen LogP contribution >= 0.6 is 27.3 Å². The van der Waals surface area contributed by atoms with Crippen LogP contribution in [0, 0.1) is 0 Å². The Morgan fingerprint density at radius 3 is 2.67 bits per heavy atom. The van der Waals surface area contributed by atoms with Gasteiger partial charge in [0.15, 0.2) is 5.78 Å². The first-order valence-corrected chi connectivity index (χ1v) is 6.35. The van der Waals surface area contributed by atoms with Crippen LogP contribution in [0.4, 0.5) is 13.2 Å². The molecule has 0 aliphatic carbocycles. The normalized spacial score (nSPS) is 11.8. The van der Waals surface area contributed by atoms with E-state index in [1.807, 2.05) is 0 Å². The number of alkyl halides is 3. The summed E-state index contributed by atoms with van der Waals surface area (Å²) in [4.78, 5) is 12.2. The fourth-order valence-electron chi connectivity index (χ4n) is 1.29. The maximum absolute atomic E-state index is 12.3. The van der Waals surface area contributed by atoms with Crippen molar-refractivity contribution in [3.63, 3.8) is 0 Å². The molecule has 0 saturated carbocycles. The number of aromatic nitrogens is 2. The quantitative estimate of drug-likeness (QED) is 0.801. The maximum Gasteiger partial charge on any atom is 0.419 e. The fraction of sp³-hybridized carbons (Fsp3) is 0.200. The van der Waals surface area contributed by atoms with Gasteiger partial charge in [-0.05, 0) is 28.1 Å². The lowest BCUT2D eigenvalue weighted by Gasteiger charge is -2.01. The summed E-state index contributed by atoms with van der Waals surface area (Å²) in [5.41, 5.74) is -0.859. The number of thiophene rings is 1. The number of carbonyl (C=O) groups excluding carboxylic acids is 1. The van der Waals surface area contributed by atoms with Gasteiger partial charge in [0.05, 0.1) is 20.4 Å². The Morgan fingerprint density at radius 1 is 1.44 bits per heavy atom. The number of ketones is 1. The lowest BCUT2D eigenvalue weighted by atomic mass is 10.3. The highest BCUT2D eigenvalue weighted by Gasteiger charge is 2.32. The standard InChI is InChI=1S/C10H6BrF3N2OS/c11-9-2-1-8(18-9)7(17)5-16-4-6(3-15-16)10(12,13)14/h1-4H,5H2. The van der Waals surface area contributed by atoms with Crippen LogP contribution in [0.1, 0.15) is 15.2 Å². The molecule has 0 amide bonds. The summed E-state index contributed by atoms with van der Waals surface area (Å²) in [6, 6.07) is 3.33. The summed E-state index contributed by atoms with van der Waals surface area (Å²) in [6.45, 7) is -0.205. The van der Waals surface area contributed by atoms with E-state index in [1.165, 1.54) is 11.3 Å². The summed E-state index contributed by atoms with van der Waals surface area (Å²) in [5.74, 6) is -0.275. The topological polar surface area (TPSA) is 34.9 Å². The molecular formula is C10H6BrF3N2OS. The lowest BCUT2D eigenvalue weighted by molar-refractivity contribution is -0.137. The molecule has 96 valence electrons. The van der Waals surface area contributed by atoms with Crippen molar-refractivity contribution in [2.24, 2.45) is 0 Å².